The summed E-state index contributed by atoms with van der Waals surface area (Å²) in [7, 11) is 0. The number of carbonyl (C=O) groups is 2. The third-order valence-corrected chi connectivity index (χ3v) is 5.75. The fourth-order valence-corrected chi connectivity index (χ4v) is 4.14. The quantitative estimate of drug-likeness (QED) is 0.322. The Labute approximate surface area is 191 Å². The highest BCUT2D eigenvalue weighted by Crippen LogP contribution is 2.37. The Hall–Kier alpha value is -3.82. The van der Waals surface area contributed by atoms with Crippen molar-refractivity contribution >= 4 is 56.6 Å². The molecule has 32 heavy (non-hydrogen) atoms. The van der Waals surface area contributed by atoms with Crippen LogP contribution in [0.25, 0.3) is 10.1 Å². The van der Waals surface area contributed by atoms with E-state index in [1.54, 1.807) is 53.9 Å². The number of benzene rings is 2. The fraction of sp³-hybridized carbons (Fsp3) is 0.0455. The van der Waals surface area contributed by atoms with Gasteiger partial charge in [0.2, 0.25) is 0 Å². The zero-order valence-corrected chi connectivity index (χ0v) is 17.9. The maximum atomic E-state index is 12.5. The number of carboxylic acid groups (broad SMARTS) is 1. The summed E-state index contributed by atoms with van der Waals surface area (Å²) in [5.41, 5.74) is 7.76. The number of carbonyl (C=O) groups excluding carboxylic acids is 1. The topological polar surface area (TPSA) is 124 Å². The Balaban J connectivity index is 1.50. The van der Waals surface area contributed by atoms with Gasteiger partial charge in [0.25, 0.3) is 5.91 Å². The van der Waals surface area contributed by atoms with Crippen molar-refractivity contribution in [2.24, 2.45) is 0 Å². The van der Waals surface area contributed by atoms with E-state index in [4.69, 9.17) is 31.9 Å². The van der Waals surface area contributed by atoms with E-state index in [-0.39, 0.29) is 24.1 Å². The molecule has 0 aliphatic carbocycles. The number of amides is 1. The number of aromatic nitrogens is 1. The first kappa shape index (κ1) is 21.4. The number of fused-ring (bicyclic) bond motifs is 1. The van der Waals surface area contributed by atoms with E-state index >= 15 is 0 Å². The smallest absolute Gasteiger partial charge is 0.489 e. The lowest BCUT2D eigenvalue weighted by atomic mass is 10.2. The average molecular weight is 470 g/mol. The standard InChI is InChI=1S/C22H16ClN3O5S/c23-14-4-6-15(7-5-14)26-21(27)12-2-1-3-16(8-12)30-10-13-11-32-19-17(31-22(28)29)9-25-20(24)18(13)19/h1-9,11H,10H2,(H2,24,25)(H,26,27)(H,28,29). The fourth-order valence-electron chi connectivity index (χ4n) is 3.00. The highest BCUT2D eigenvalue weighted by molar-refractivity contribution is 7.17. The number of nitrogens with one attached hydrogen (secondary N) is 1. The minimum Gasteiger partial charge on any atom is -0.489 e. The molecular weight excluding hydrogens is 454 g/mol. The van der Waals surface area contributed by atoms with E-state index in [1.165, 1.54) is 17.5 Å². The van der Waals surface area contributed by atoms with Crippen LogP contribution in [0.2, 0.25) is 5.02 Å². The monoisotopic (exact) mass is 469 g/mol. The summed E-state index contributed by atoms with van der Waals surface area (Å²) in [4.78, 5) is 27.4. The van der Waals surface area contributed by atoms with Crippen molar-refractivity contribution in [3.05, 3.63) is 76.3 Å². The van der Waals surface area contributed by atoms with Gasteiger partial charge in [-0.25, -0.2) is 9.78 Å². The molecule has 10 heteroatoms. The van der Waals surface area contributed by atoms with E-state index in [0.29, 0.717) is 32.1 Å². The Bertz CT molecular complexity index is 1310. The van der Waals surface area contributed by atoms with E-state index in [2.05, 4.69) is 10.3 Å². The summed E-state index contributed by atoms with van der Waals surface area (Å²) in [6.07, 6.45) is -0.159. The third kappa shape index (κ3) is 4.74. The lowest BCUT2D eigenvalue weighted by Crippen LogP contribution is -2.11. The van der Waals surface area contributed by atoms with Crippen molar-refractivity contribution in [2.75, 3.05) is 11.1 Å². The predicted octanol–water partition coefficient (Wildman–Crippen LogP) is 5.42. The molecule has 0 atom stereocenters. The third-order valence-electron chi connectivity index (χ3n) is 4.46. The van der Waals surface area contributed by atoms with Gasteiger partial charge in [0.05, 0.1) is 10.9 Å². The Morgan fingerprint density at radius 3 is 2.72 bits per heavy atom. The lowest BCUT2D eigenvalue weighted by molar-refractivity contribution is 0.102. The minimum atomic E-state index is -1.43. The molecule has 1 amide bonds. The molecule has 0 unspecified atom stereocenters. The molecule has 8 nitrogen and oxygen atoms in total. The molecule has 0 fully saturated rings. The molecule has 0 aliphatic heterocycles. The van der Waals surface area contributed by atoms with Gasteiger partial charge in [0.1, 0.15) is 18.2 Å². The molecule has 0 bridgehead atoms. The maximum absolute atomic E-state index is 12.5. The predicted molar refractivity (Wildman–Crippen MR) is 123 cm³/mol. The maximum Gasteiger partial charge on any atom is 0.511 e. The van der Waals surface area contributed by atoms with Crippen LogP contribution in [0.1, 0.15) is 15.9 Å². The molecule has 2 aromatic carbocycles. The van der Waals surface area contributed by atoms with Crippen molar-refractivity contribution in [3.8, 4) is 11.5 Å². The number of halogens is 1. The van der Waals surface area contributed by atoms with E-state index in [1.807, 2.05) is 0 Å². The van der Waals surface area contributed by atoms with Crippen molar-refractivity contribution in [1.29, 1.82) is 0 Å². The van der Waals surface area contributed by atoms with Crippen molar-refractivity contribution in [1.82, 2.24) is 4.98 Å². The van der Waals surface area contributed by atoms with Gasteiger partial charge < -0.3 is 25.6 Å². The number of rotatable bonds is 6. The minimum absolute atomic E-state index is 0.110. The second kappa shape index (κ2) is 9.13. The zero-order chi connectivity index (χ0) is 22.7. The van der Waals surface area contributed by atoms with Crippen molar-refractivity contribution in [3.63, 3.8) is 0 Å². The van der Waals surface area contributed by atoms with Crippen LogP contribution in [-0.4, -0.2) is 22.2 Å². The van der Waals surface area contributed by atoms with Crippen LogP contribution in [-0.2, 0) is 6.61 Å². The van der Waals surface area contributed by atoms with E-state index in [9.17, 15) is 9.59 Å². The van der Waals surface area contributed by atoms with Crippen molar-refractivity contribution < 1.29 is 24.2 Å². The second-order valence-corrected chi connectivity index (χ2v) is 7.93. The number of hydrogen-bond acceptors (Lipinski definition) is 7. The molecule has 0 spiro atoms. The Morgan fingerprint density at radius 2 is 1.97 bits per heavy atom. The summed E-state index contributed by atoms with van der Waals surface area (Å²) in [6.45, 7) is 0.144. The number of thiophene rings is 1. The number of nitrogens with zero attached hydrogens (tertiary/aromatic N) is 1. The van der Waals surface area contributed by atoms with Gasteiger partial charge in [-0.2, -0.15) is 0 Å². The van der Waals surface area contributed by atoms with Crippen LogP contribution in [0.15, 0.2) is 60.1 Å². The van der Waals surface area contributed by atoms with Crippen LogP contribution >= 0.6 is 22.9 Å². The van der Waals surface area contributed by atoms with Crippen LogP contribution in [0.3, 0.4) is 0 Å². The van der Waals surface area contributed by atoms with Crippen LogP contribution < -0.4 is 20.5 Å². The van der Waals surface area contributed by atoms with Gasteiger partial charge in [-0.1, -0.05) is 17.7 Å². The zero-order valence-electron chi connectivity index (χ0n) is 16.4. The molecule has 0 aliphatic rings. The summed E-state index contributed by atoms with van der Waals surface area (Å²) in [6, 6.07) is 13.5. The van der Waals surface area contributed by atoms with Crippen LogP contribution in [0.5, 0.6) is 11.5 Å². The molecule has 4 N–H and O–H groups in total. The first-order valence-electron chi connectivity index (χ1n) is 9.26. The van der Waals surface area contributed by atoms with E-state index in [0.717, 1.165) is 5.56 Å². The summed E-state index contributed by atoms with van der Waals surface area (Å²) in [5.74, 6) is 0.549. The first-order chi connectivity index (χ1) is 15.4. The number of anilines is 2. The van der Waals surface area contributed by atoms with Crippen LogP contribution in [0, 0.1) is 0 Å². The lowest BCUT2D eigenvalue weighted by Gasteiger charge is -2.09. The molecule has 2 aromatic heterocycles. The number of ether oxygens (including phenoxy) is 2. The highest BCUT2D eigenvalue weighted by Gasteiger charge is 2.16. The van der Waals surface area contributed by atoms with Gasteiger partial charge in [-0.15, -0.1) is 11.3 Å². The Morgan fingerprint density at radius 1 is 1.19 bits per heavy atom. The molecule has 4 rings (SSSR count). The van der Waals surface area contributed by atoms with Gasteiger partial charge in [-0.05, 0) is 47.8 Å². The molecule has 0 saturated carbocycles. The SMILES string of the molecule is Nc1ncc(OC(=O)O)c2scc(COc3cccc(C(=O)Nc4ccc(Cl)cc4)c3)c12. The largest absolute Gasteiger partial charge is 0.511 e. The number of nitrogens with two attached hydrogens (primary N) is 1. The molecule has 4 aromatic rings. The van der Waals surface area contributed by atoms with Crippen molar-refractivity contribution in [2.45, 2.75) is 6.61 Å². The summed E-state index contributed by atoms with van der Waals surface area (Å²) in [5, 5.41) is 14.6. The molecule has 0 saturated heterocycles. The summed E-state index contributed by atoms with van der Waals surface area (Å²) >= 11 is 7.15. The van der Waals surface area contributed by atoms with Crippen LogP contribution in [0.4, 0.5) is 16.3 Å². The van der Waals surface area contributed by atoms with Gasteiger partial charge >= 0.3 is 6.16 Å². The Kier molecular flexibility index (Phi) is 6.11. The molecule has 0 radical (unpaired) electrons. The molecular formula is C22H16ClN3O5S. The normalized spacial score (nSPS) is 10.7. The van der Waals surface area contributed by atoms with Gasteiger partial charge in [-0.3, -0.25) is 4.79 Å². The highest BCUT2D eigenvalue weighted by atomic mass is 35.5. The number of pyridine rings is 1. The average Bonchev–Trinajstić information content (AvgIpc) is 3.21. The summed E-state index contributed by atoms with van der Waals surface area (Å²) < 4.78 is 11.2. The van der Waals surface area contributed by atoms with Gasteiger partial charge in [0, 0.05) is 27.2 Å². The number of hydrogen-bond donors (Lipinski definition) is 3. The molecule has 162 valence electrons. The number of nitrogen functional groups attached to an aromatic ring is 1. The van der Waals surface area contributed by atoms with Gasteiger partial charge in [0.15, 0.2) is 5.75 Å². The first-order valence-corrected chi connectivity index (χ1v) is 10.5. The second-order valence-electron chi connectivity index (χ2n) is 6.62. The molecule has 2 heterocycles. The van der Waals surface area contributed by atoms with E-state index < -0.39 is 6.16 Å².